The number of carbonyl (C=O) groups is 2. The molecular weight excluding hydrogens is 192 g/mol. The minimum absolute atomic E-state index is 0.122. The van der Waals surface area contributed by atoms with Gasteiger partial charge in [0, 0.05) is 14.1 Å². The largest absolute Gasteiger partial charge is 0.359 e. The Labute approximate surface area is 78.4 Å². The zero-order valence-corrected chi connectivity index (χ0v) is 7.53. The third-order valence-electron chi connectivity index (χ3n) is 1.50. The molecule has 76 valence electrons. The van der Waals surface area contributed by atoms with Crippen LogP contribution in [0.4, 0.5) is 0 Å². The maximum atomic E-state index is 11.1. The van der Waals surface area contributed by atoms with Crippen molar-refractivity contribution in [3.8, 4) is 0 Å². The predicted octanol–water partition coefficient (Wildman–Crippen LogP) is -1.97. The third kappa shape index (κ3) is 1.49. The molecule has 0 bridgehead atoms. The molecule has 14 heavy (non-hydrogen) atoms. The number of amides is 2. The summed E-state index contributed by atoms with van der Waals surface area (Å²) in [5.41, 5.74) is -0.811. The normalized spacial score (nSPS) is 9.57. The molecule has 0 saturated carbocycles. The van der Waals surface area contributed by atoms with Crippen LogP contribution in [0.5, 0.6) is 0 Å². The lowest BCUT2D eigenvalue weighted by Crippen LogP contribution is -2.38. The zero-order valence-electron chi connectivity index (χ0n) is 7.53. The van der Waals surface area contributed by atoms with Crippen molar-refractivity contribution >= 4 is 11.8 Å². The summed E-state index contributed by atoms with van der Waals surface area (Å²) in [7, 11) is 2.67. The van der Waals surface area contributed by atoms with Gasteiger partial charge in [-0.15, -0.1) is 0 Å². The fraction of sp³-hybridized carbons (Fsp3) is 0.333. The number of nitrogens with one attached hydrogen (secondary N) is 2. The number of hydrogen-bond acceptors (Lipinski definition) is 5. The van der Waals surface area contributed by atoms with Crippen molar-refractivity contribution in [2.24, 2.45) is 0 Å². The first-order valence-corrected chi connectivity index (χ1v) is 3.65. The summed E-state index contributed by atoms with van der Waals surface area (Å²) < 4.78 is 4.13. The second-order valence-electron chi connectivity index (χ2n) is 2.29. The molecule has 0 unspecified atom stereocenters. The SMILES string of the molecule is CNC(=O)c1no[n+]([O-])c1C(=O)NC. The van der Waals surface area contributed by atoms with Gasteiger partial charge in [-0.25, -0.2) is 0 Å². The van der Waals surface area contributed by atoms with Crippen LogP contribution in [0, 0.1) is 5.21 Å². The highest BCUT2D eigenvalue weighted by molar-refractivity contribution is 6.03. The van der Waals surface area contributed by atoms with Gasteiger partial charge in [-0.2, -0.15) is 0 Å². The molecule has 1 aromatic heterocycles. The Morgan fingerprint density at radius 1 is 1.36 bits per heavy atom. The van der Waals surface area contributed by atoms with E-state index in [-0.39, 0.29) is 10.6 Å². The van der Waals surface area contributed by atoms with Crippen LogP contribution in [-0.2, 0) is 0 Å². The van der Waals surface area contributed by atoms with E-state index >= 15 is 0 Å². The standard InChI is InChI=1S/C6H8N4O4/c1-7-5(11)3-4(6(12)8-2)10(13)14-9-3/h1-2H3,(H,7,11)(H,8,12). The van der Waals surface area contributed by atoms with E-state index in [1.807, 2.05) is 0 Å². The van der Waals surface area contributed by atoms with Crippen LogP contribution in [0.15, 0.2) is 4.63 Å². The molecule has 8 heteroatoms. The zero-order chi connectivity index (χ0) is 10.7. The van der Waals surface area contributed by atoms with Crippen LogP contribution in [0.25, 0.3) is 0 Å². The van der Waals surface area contributed by atoms with Gasteiger partial charge in [0.2, 0.25) is 0 Å². The summed E-state index contributed by atoms with van der Waals surface area (Å²) in [6.07, 6.45) is 0. The van der Waals surface area contributed by atoms with E-state index in [1.54, 1.807) is 0 Å². The lowest BCUT2D eigenvalue weighted by atomic mass is 10.3. The fourth-order valence-corrected chi connectivity index (χ4v) is 0.825. The summed E-state index contributed by atoms with van der Waals surface area (Å²) in [5, 5.41) is 18.5. The summed E-state index contributed by atoms with van der Waals surface area (Å²) in [6.45, 7) is 0. The van der Waals surface area contributed by atoms with Gasteiger partial charge in [0.25, 0.3) is 11.6 Å². The highest BCUT2D eigenvalue weighted by Crippen LogP contribution is 1.99. The molecule has 1 heterocycles. The Kier molecular flexibility index (Phi) is 2.65. The number of nitrogens with zero attached hydrogens (tertiary/aromatic N) is 2. The summed E-state index contributed by atoms with van der Waals surface area (Å²) in [6, 6.07) is 0. The number of aromatic nitrogens is 2. The Bertz CT molecular complexity index is 372. The number of carbonyl (C=O) groups excluding carboxylic acids is 2. The van der Waals surface area contributed by atoms with Gasteiger partial charge < -0.3 is 15.8 Å². The quantitative estimate of drug-likeness (QED) is 0.538. The molecule has 0 aromatic carbocycles. The van der Waals surface area contributed by atoms with E-state index in [2.05, 4.69) is 20.4 Å². The maximum Gasteiger partial charge on any atom is 0.318 e. The average molecular weight is 200 g/mol. The van der Waals surface area contributed by atoms with Crippen molar-refractivity contribution in [2.75, 3.05) is 14.1 Å². The molecule has 0 saturated heterocycles. The van der Waals surface area contributed by atoms with Gasteiger partial charge in [-0.1, -0.05) is 0 Å². The van der Waals surface area contributed by atoms with Crippen LogP contribution < -0.4 is 15.5 Å². The van der Waals surface area contributed by atoms with Crippen LogP contribution in [0.1, 0.15) is 21.0 Å². The summed E-state index contributed by atoms with van der Waals surface area (Å²) >= 11 is 0. The molecule has 0 atom stereocenters. The predicted molar refractivity (Wildman–Crippen MR) is 42.2 cm³/mol. The van der Waals surface area contributed by atoms with E-state index in [4.69, 9.17) is 0 Å². The molecule has 0 fully saturated rings. The molecular formula is C6H8N4O4. The minimum atomic E-state index is -0.736. The molecule has 1 rings (SSSR count). The first-order valence-electron chi connectivity index (χ1n) is 3.65. The highest BCUT2D eigenvalue weighted by atomic mass is 16.8. The van der Waals surface area contributed by atoms with Crippen molar-refractivity contribution in [2.45, 2.75) is 0 Å². The monoisotopic (exact) mass is 200 g/mol. The van der Waals surface area contributed by atoms with E-state index in [0.29, 0.717) is 0 Å². The molecule has 2 amide bonds. The van der Waals surface area contributed by atoms with E-state index in [1.165, 1.54) is 14.1 Å². The number of hydrogen-bond donors (Lipinski definition) is 2. The average Bonchev–Trinajstić information content (AvgIpc) is 2.58. The Morgan fingerprint density at radius 3 is 2.43 bits per heavy atom. The fourth-order valence-electron chi connectivity index (χ4n) is 0.825. The maximum absolute atomic E-state index is 11.1. The van der Waals surface area contributed by atoms with E-state index in [9.17, 15) is 14.8 Å². The molecule has 0 aliphatic carbocycles. The Morgan fingerprint density at radius 2 is 1.93 bits per heavy atom. The summed E-state index contributed by atoms with van der Waals surface area (Å²) in [4.78, 5) is 22.1. The lowest BCUT2D eigenvalue weighted by Gasteiger charge is -1.95. The molecule has 0 aliphatic heterocycles. The second-order valence-corrected chi connectivity index (χ2v) is 2.29. The molecule has 8 nitrogen and oxygen atoms in total. The molecule has 2 N–H and O–H groups in total. The van der Waals surface area contributed by atoms with Crippen molar-refractivity contribution < 1.29 is 19.1 Å². The molecule has 1 aromatic rings. The highest BCUT2D eigenvalue weighted by Gasteiger charge is 2.30. The van der Waals surface area contributed by atoms with Gasteiger partial charge in [0.05, 0.1) is 5.16 Å². The van der Waals surface area contributed by atoms with E-state index in [0.717, 1.165) is 0 Å². The van der Waals surface area contributed by atoms with Crippen LogP contribution >= 0.6 is 0 Å². The lowest BCUT2D eigenvalue weighted by molar-refractivity contribution is -0.803. The first kappa shape index (κ1) is 9.96. The van der Waals surface area contributed by atoms with Gasteiger partial charge in [0.15, 0.2) is 0 Å². The first-order chi connectivity index (χ1) is 6.61. The molecule has 0 radical (unpaired) electrons. The number of rotatable bonds is 2. The van der Waals surface area contributed by atoms with Gasteiger partial charge in [-0.3, -0.25) is 14.2 Å². The van der Waals surface area contributed by atoms with Gasteiger partial charge >= 0.3 is 11.6 Å². The van der Waals surface area contributed by atoms with Crippen LogP contribution in [0.3, 0.4) is 0 Å². The second kappa shape index (κ2) is 3.73. The third-order valence-corrected chi connectivity index (χ3v) is 1.50. The minimum Gasteiger partial charge on any atom is -0.359 e. The summed E-state index contributed by atoms with van der Waals surface area (Å²) in [5.74, 6) is -1.40. The van der Waals surface area contributed by atoms with Crippen molar-refractivity contribution in [1.82, 2.24) is 15.8 Å². The van der Waals surface area contributed by atoms with Crippen molar-refractivity contribution in [3.05, 3.63) is 16.6 Å². The molecule has 0 spiro atoms. The molecule has 0 aliphatic rings. The van der Waals surface area contributed by atoms with Crippen molar-refractivity contribution in [3.63, 3.8) is 0 Å². The van der Waals surface area contributed by atoms with Gasteiger partial charge in [0.1, 0.15) is 0 Å². The Balaban J connectivity index is 3.19. The smallest absolute Gasteiger partial charge is 0.318 e. The topological polar surface area (TPSA) is 111 Å². The van der Waals surface area contributed by atoms with Crippen LogP contribution in [-0.4, -0.2) is 31.1 Å². The Hall–Kier alpha value is -2.12. The van der Waals surface area contributed by atoms with Gasteiger partial charge in [-0.05, 0) is 4.90 Å². The van der Waals surface area contributed by atoms with Crippen LogP contribution in [0.2, 0.25) is 0 Å². The van der Waals surface area contributed by atoms with Crippen molar-refractivity contribution in [1.29, 1.82) is 0 Å². The van der Waals surface area contributed by atoms with E-state index < -0.39 is 17.5 Å².